The molecule has 1 N–H and O–H groups in total. The van der Waals surface area contributed by atoms with Gasteiger partial charge in [-0.3, -0.25) is 14.3 Å². The molecule has 0 bridgehead atoms. The third kappa shape index (κ3) is 3.52. The molecule has 21 heavy (non-hydrogen) atoms. The zero-order valence-corrected chi connectivity index (χ0v) is 13.8. The molecule has 5 heteroatoms. The minimum Gasteiger partial charge on any atom is -0.321 e. The van der Waals surface area contributed by atoms with Gasteiger partial charge in [0, 0.05) is 28.9 Å². The molecule has 1 aliphatic rings. The van der Waals surface area contributed by atoms with Crippen LogP contribution in [0.2, 0.25) is 0 Å². The Morgan fingerprint density at radius 1 is 1.29 bits per heavy atom. The standard InChI is InChI=1S/C16H24N2O2S/c1-4-14-16(19)18(10-11-21(20)5-2)15(17-14)13-9-7-6-8-12(13)3/h6-9,14-15,17H,4-5,10-11H2,1-3H3. The van der Waals surface area contributed by atoms with Crippen LogP contribution < -0.4 is 5.32 Å². The quantitative estimate of drug-likeness (QED) is 0.874. The van der Waals surface area contributed by atoms with E-state index < -0.39 is 10.8 Å². The number of nitrogens with zero attached hydrogens (tertiary/aromatic N) is 1. The van der Waals surface area contributed by atoms with Crippen molar-refractivity contribution in [2.24, 2.45) is 0 Å². The van der Waals surface area contributed by atoms with Crippen LogP contribution in [0.3, 0.4) is 0 Å². The third-order valence-corrected chi connectivity index (χ3v) is 5.31. The van der Waals surface area contributed by atoms with Gasteiger partial charge < -0.3 is 4.90 Å². The molecule has 3 atom stereocenters. The number of hydrogen-bond acceptors (Lipinski definition) is 3. The van der Waals surface area contributed by atoms with E-state index in [1.54, 1.807) is 0 Å². The molecular formula is C16H24N2O2S. The van der Waals surface area contributed by atoms with E-state index in [0.717, 1.165) is 12.0 Å². The van der Waals surface area contributed by atoms with Crippen LogP contribution in [0, 0.1) is 6.92 Å². The van der Waals surface area contributed by atoms with E-state index in [1.165, 1.54) is 5.56 Å². The van der Waals surface area contributed by atoms with Gasteiger partial charge in [-0.25, -0.2) is 0 Å². The summed E-state index contributed by atoms with van der Waals surface area (Å²) in [5.41, 5.74) is 2.30. The van der Waals surface area contributed by atoms with Crippen molar-refractivity contribution in [1.82, 2.24) is 10.2 Å². The zero-order valence-electron chi connectivity index (χ0n) is 13.0. The highest BCUT2D eigenvalue weighted by molar-refractivity contribution is 7.84. The van der Waals surface area contributed by atoms with E-state index in [2.05, 4.69) is 24.4 Å². The van der Waals surface area contributed by atoms with Crippen molar-refractivity contribution < 1.29 is 9.00 Å². The van der Waals surface area contributed by atoms with Gasteiger partial charge in [0.1, 0.15) is 6.17 Å². The van der Waals surface area contributed by atoms with Crippen molar-refractivity contribution in [3.05, 3.63) is 35.4 Å². The lowest BCUT2D eigenvalue weighted by molar-refractivity contribution is -0.129. The molecule has 0 radical (unpaired) electrons. The maximum absolute atomic E-state index is 12.5. The summed E-state index contributed by atoms with van der Waals surface area (Å²) in [5.74, 6) is 1.31. The Bertz CT molecular complexity index is 533. The molecule has 4 nitrogen and oxygen atoms in total. The Hall–Kier alpha value is -1.20. The number of carbonyl (C=O) groups is 1. The van der Waals surface area contributed by atoms with Gasteiger partial charge in [-0.05, 0) is 24.5 Å². The number of aryl methyl sites for hydroxylation is 1. The van der Waals surface area contributed by atoms with Crippen LogP contribution in [0.25, 0.3) is 0 Å². The fourth-order valence-electron chi connectivity index (χ4n) is 2.71. The molecule has 0 saturated carbocycles. The predicted octanol–water partition coefficient (Wildman–Crippen LogP) is 1.97. The van der Waals surface area contributed by atoms with E-state index in [-0.39, 0.29) is 18.1 Å². The molecule has 1 aliphatic heterocycles. The van der Waals surface area contributed by atoms with Crippen LogP contribution in [-0.2, 0) is 15.6 Å². The highest BCUT2D eigenvalue weighted by atomic mass is 32.2. The lowest BCUT2D eigenvalue weighted by Crippen LogP contribution is -2.34. The summed E-state index contributed by atoms with van der Waals surface area (Å²) in [5, 5.41) is 3.42. The molecule has 2 rings (SSSR count). The largest absolute Gasteiger partial charge is 0.321 e. The van der Waals surface area contributed by atoms with E-state index >= 15 is 0 Å². The monoisotopic (exact) mass is 308 g/mol. The maximum Gasteiger partial charge on any atom is 0.241 e. The summed E-state index contributed by atoms with van der Waals surface area (Å²) in [4.78, 5) is 14.3. The summed E-state index contributed by atoms with van der Waals surface area (Å²) in [7, 11) is -0.849. The lowest BCUT2D eigenvalue weighted by Gasteiger charge is -2.25. The Balaban J connectivity index is 2.22. The number of benzene rings is 1. The molecule has 0 aromatic heterocycles. The Morgan fingerprint density at radius 2 is 2.00 bits per heavy atom. The topological polar surface area (TPSA) is 49.4 Å². The fraction of sp³-hybridized carbons (Fsp3) is 0.562. The number of rotatable bonds is 6. The summed E-state index contributed by atoms with van der Waals surface area (Å²) in [6, 6.07) is 7.98. The minimum atomic E-state index is -0.849. The Kier molecular flexibility index (Phi) is 5.53. The van der Waals surface area contributed by atoms with Gasteiger partial charge in [0.2, 0.25) is 5.91 Å². The van der Waals surface area contributed by atoms with Crippen molar-refractivity contribution in [1.29, 1.82) is 0 Å². The molecule has 1 aromatic rings. The fourth-order valence-corrected chi connectivity index (χ4v) is 3.40. The summed E-state index contributed by atoms with van der Waals surface area (Å²) < 4.78 is 11.7. The normalized spacial score (nSPS) is 23.6. The van der Waals surface area contributed by atoms with Gasteiger partial charge in [-0.2, -0.15) is 0 Å². The van der Waals surface area contributed by atoms with Crippen molar-refractivity contribution in [3.63, 3.8) is 0 Å². The van der Waals surface area contributed by atoms with Crippen molar-refractivity contribution in [3.8, 4) is 0 Å². The molecule has 0 spiro atoms. The molecular weight excluding hydrogens is 284 g/mol. The number of carbonyl (C=O) groups excluding carboxylic acids is 1. The maximum atomic E-state index is 12.5. The Morgan fingerprint density at radius 3 is 2.62 bits per heavy atom. The summed E-state index contributed by atoms with van der Waals surface area (Å²) >= 11 is 0. The molecule has 116 valence electrons. The Labute approximate surface area is 129 Å². The SMILES string of the molecule is CCC1NC(c2ccccc2C)N(CCS(=O)CC)C1=O. The van der Waals surface area contributed by atoms with Crippen LogP contribution in [0.5, 0.6) is 0 Å². The van der Waals surface area contributed by atoms with Gasteiger partial charge in [0.15, 0.2) is 0 Å². The van der Waals surface area contributed by atoms with Crippen LogP contribution in [0.1, 0.15) is 37.6 Å². The second-order valence-corrected chi connectivity index (χ2v) is 7.22. The highest BCUT2D eigenvalue weighted by Gasteiger charge is 2.38. The van der Waals surface area contributed by atoms with Crippen LogP contribution in [0.4, 0.5) is 0 Å². The van der Waals surface area contributed by atoms with Crippen molar-refractivity contribution in [2.45, 2.75) is 39.4 Å². The van der Waals surface area contributed by atoms with Crippen LogP contribution >= 0.6 is 0 Å². The van der Waals surface area contributed by atoms with Gasteiger partial charge in [0.05, 0.1) is 6.04 Å². The van der Waals surface area contributed by atoms with Gasteiger partial charge in [-0.1, -0.05) is 38.1 Å². The molecule has 0 aliphatic carbocycles. The van der Waals surface area contributed by atoms with Crippen LogP contribution in [0.15, 0.2) is 24.3 Å². The van der Waals surface area contributed by atoms with Gasteiger partial charge in [-0.15, -0.1) is 0 Å². The van der Waals surface area contributed by atoms with Crippen LogP contribution in [-0.4, -0.2) is 39.1 Å². The first-order valence-electron chi connectivity index (χ1n) is 7.55. The van der Waals surface area contributed by atoms with Crippen molar-refractivity contribution >= 4 is 16.7 Å². The third-order valence-electron chi connectivity index (χ3n) is 4.03. The minimum absolute atomic E-state index is 0.0995. The lowest BCUT2D eigenvalue weighted by atomic mass is 10.1. The summed E-state index contributed by atoms with van der Waals surface area (Å²) in [6.07, 6.45) is 0.673. The average Bonchev–Trinajstić information content (AvgIpc) is 2.81. The van der Waals surface area contributed by atoms with E-state index in [1.807, 2.05) is 30.9 Å². The number of amides is 1. The summed E-state index contributed by atoms with van der Waals surface area (Å²) in [6.45, 7) is 6.52. The van der Waals surface area contributed by atoms with E-state index in [0.29, 0.717) is 18.1 Å². The smallest absolute Gasteiger partial charge is 0.241 e. The van der Waals surface area contributed by atoms with Gasteiger partial charge in [0.25, 0.3) is 0 Å². The number of nitrogens with one attached hydrogen (secondary N) is 1. The molecule has 1 saturated heterocycles. The molecule has 3 unspecified atom stereocenters. The molecule has 1 aromatic carbocycles. The average molecular weight is 308 g/mol. The highest BCUT2D eigenvalue weighted by Crippen LogP contribution is 2.28. The second kappa shape index (κ2) is 7.18. The second-order valence-electron chi connectivity index (χ2n) is 5.35. The van der Waals surface area contributed by atoms with E-state index in [9.17, 15) is 9.00 Å². The predicted molar refractivity (Wildman–Crippen MR) is 86.4 cm³/mol. The molecule has 1 heterocycles. The van der Waals surface area contributed by atoms with E-state index in [4.69, 9.17) is 0 Å². The van der Waals surface area contributed by atoms with Gasteiger partial charge >= 0.3 is 0 Å². The van der Waals surface area contributed by atoms with Crippen molar-refractivity contribution in [2.75, 3.05) is 18.1 Å². The first-order chi connectivity index (χ1) is 10.1. The first-order valence-corrected chi connectivity index (χ1v) is 9.04. The molecule has 1 amide bonds. The zero-order chi connectivity index (χ0) is 15.4. The first kappa shape index (κ1) is 16.2. The molecule has 1 fully saturated rings. The number of hydrogen-bond donors (Lipinski definition) is 1.